The normalized spacial score (nSPS) is 12.6. The van der Waals surface area contributed by atoms with Crippen LogP contribution in [0.3, 0.4) is 0 Å². The first-order chi connectivity index (χ1) is 10.0. The molecule has 3 aromatic rings. The van der Waals surface area contributed by atoms with Crippen LogP contribution in [0, 0.1) is 13.8 Å². The predicted octanol–water partition coefficient (Wildman–Crippen LogP) is 4.97. The van der Waals surface area contributed by atoms with Gasteiger partial charge in [0.2, 0.25) is 0 Å². The van der Waals surface area contributed by atoms with Gasteiger partial charge in [0, 0.05) is 5.02 Å². The van der Waals surface area contributed by atoms with Crippen LogP contribution in [0.25, 0.3) is 11.0 Å². The first-order valence-electron chi connectivity index (χ1n) is 6.92. The fourth-order valence-corrected chi connectivity index (χ4v) is 2.54. The number of hydrogen-bond donors (Lipinski definition) is 1. The average molecular weight is 301 g/mol. The molecule has 0 amide bonds. The summed E-state index contributed by atoms with van der Waals surface area (Å²) in [5, 5.41) is 0.695. The number of benzene rings is 2. The van der Waals surface area contributed by atoms with E-state index in [1.165, 1.54) is 5.56 Å². The lowest BCUT2D eigenvalue weighted by atomic mass is 10.1. The number of fused-ring (bicyclic) bond motifs is 1. The van der Waals surface area contributed by atoms with Crippen LogP contribution in [0.1, 0.15) is 30.0 Å². The monoisotopic (exact) mass is 300 g/mol. The van der Waals surface area contributed by atoms with E-state index in [0.717, 1.165) is 28.2 Å². The van der Waals surface area contributed by atoms with E-state index in [-0.39, 0.29) is 6.10 Å². The number of nitrogens with zero attached hydrogens (tertiary/aromatic N) is 1. The van der Waals surface area contributed by atoms with Crippen molar-refractivity contribution < 1.29 is 4.74 Å². The van der Waals surface area contributed by atoms with Crippen LogP contribution in [0.15, 0.2) is 36.4 Å². The fraction of sp³-hybridized carbons (Fsp3) is 0.235. The van der Waals surface area contributed by atoms with Gasteiger partial charge in [-0.1, -0.05) is 29.3 Å². The van der Waals surface area contributed by atoms with E-state index >= 15 is 0 Å². The summed E-state index contributed by atoms with van der Waals surface area (Å²) in [5.41, 5.74) is 4.17. The van der Waals surface area contributed by atoms with Crippen molar-refractivity contribution in [2.24, 2.45) is 0 Å². The van der Waals surface area contributed by atoms with Crippen molar-refractivity contribution in [2.45, 2.75) is 26.9 Å². The summed E-state index contributed by atoms with van der Waals surface area (Å²) in [7, 11) is 0. The lowest BCUT2D eigenvalue weighted by Crippen LogP contribution is -2.06. The van der Waals surface area contributed by atoms with Gasteiger partial charge in [0.05, 0.1) is 11.0 Å². The smallest absolute Gasteiger partial charge is 0.153 e. The van der Waals surface area contributed by atoms with Gasteiger partial charge < -0.3 is 9.72 Å². The highest BCUT2D eigenvalue weighted by Crippen LogP contribution is 2.26. The molecule has 0 bridgehead atoms. The largest absolute Gasteiger partial charge is 0.483 e. The molecule has 0 saturated heterocycles. The maximum Gasteiger partial charge on any atom is 0.153 e. The van der Waals surface area contributed by atoms with Gasteiger partial charge in [-0.15, -0.1) is 0 Å². The van der Waals surface area contributed by atoms with E-state index < -0.39 is 0 Å². The van der Waals surface area contributed by atoms with Crippen molar-refractivity contribution in [2.75, 3.05) is 0 Å². The Morgan fingerprint density at radius 3 is 2.71 bits per heavy atom. The predicted molar refractivity (Wildman–Crippen MR) is 86.1 cm³/mol. The minimum absolute atomic E-state index is 0.155. The van der Waals surface area contributed by atoms with E-state index in [9.17, 15) is 0 Å². The van der Waals surface area contributed by atoms with Crippen molar-refractivity contribution in [3.63, 3.8) is 0 Å². The summed E-state index contributed by atoms with van der Waals surface area (Å²) in [6.07, 6.45) is -0.155. The van der Waals surface area contributed by atoms with Crippen LogP contribution < -0.4 is 4.74 Å². The summed E-state index contributed by atoms with van der Waals surface area (Å²) in [4.78, 5) is 7.82. The fourth-order valence-electron chi connectivity index (χ4n) is 2.37. The second-order valence-electron chi connectivity index (χ2n) is 5.31. The summed E-state index contributed by atoms with van der Waals surface area (Å²) < 4.78 is 6.02. The zero-order chi connectivity index (χ0) is 15.0. The summed E-state index contributed by atoms with van der Waals surface area (Å²) in [6, 6.07) is 11.8. The Morgan fingerprint density at radius 1 is 1.14 bits per heavy atom. The second kappa shape index (κ2) is 5.41. The molecule has 1 aromatic heterocycles. The number of nitrogens with one attached hydrogen (secondary N) is 1. The van der Waals surface area contributed by atoms with Crippen molar-refractivity contribution >= 4 is 22.6 Å². The summed E-state index contributed by atoms with van der Waals surface area (Å²) in [6.45, 7) is 6.11. The molecular weight excluding hydrogens is 284 g/mol. The van der Waals surface area contributed by atoms with Crippen molar-refractivity contribution in [1.82, 2.24) is 9.97 Å². The second-order valence-corrected chi connectivity index (χ2v) is 5.75. The minimum atomic E-state index is -0.155. The first-order valence-corrected chi connectivity index (χ1v) is 7.30. The maximum atomic E-state index is 6.02. The molecule has 1 atom stereocenters. The number of rotatable bonds is 3. The Hall–Kier alpha value is -2.00. The molecule has 0 fully saturated rings. The van der Waals surface area contributed by atoms with Crippen LogP contribution in [0.2, 0.25) is 5.02 Å². The number of hydrogen-bond acceptors (Lipinski definition) is 2. The van der Waals surface area contributed by atoms with Crippen LogP contribution in [-0.2, 0) is 0 Å². The molecule has 0 aliphatic carbocycles. The van der Waals surface area contributed by atoms with Gasteiger partial charge in [-0.25, -0.2) is 4.98 Å². The van der Waals surface area contributed by atoms with Gasteiger partial charge in [0.25, 0.3) is 0 Å². The molecule has 0 saturated carbocycles. The standard InChI is InChI=1S/C17H17ClN2O/c1-10-4-7-16(11(2)8-10)21-12(3)17-19-14-6-5-13(18)9-15(14)20-17/h4-9,12H,1-3H3,(H,19,20). The van der Waals surface area contributed by atoms with E-state index in [1.807, 2.05) is 44.2 Å². The number of ether oxygens (including phenoxy) is 1. The number of aromatic nitrogens is 2. The highest BCUT2D eigenvalue weighted by Gasteiger charge is 2.13. The topological polar surface area (TPSA) is 37.9 Å². The molecule has 0 aliphatic rings. The Kier molecular flexibility index (Phi) is 3.60. The molecule has 3 rings (SSSR count). The third-order valence-corrected chi connectivity index (χ3v) is 3.72. The SMILES string of the molecule is Cc1ccc(OC(C)c2nc3ccc(Cl)cc3[nH]2)c(C)c1. The number of H-pyrrole nitrogens is 1. The molecule has 3 nitrogen and oxygen atoms in total. The third kappa shape index (κ3) is 2.88. The molecule has 0 radical (unpaired) electrons. The maximum absolute atomic E-state index is 6.02. The van der Waals surface area contributed by atoms with E-state index in [1.54, 1.807) is 0 Å². The quantitative estimate of drug-likeness (QED) is 0.741. The lowest BCUT2D eigenvalue weighted by molar-refractivity contribution is 0.216. The average Bonchev–Trinajstić information content (AvgIpc) is 2.85. The van der Waals surface area contributed by atoms with Gasteiger partial charge in [0.15, 0.2) is 6.10 Å². The number of aromatic amines is 1. The first kappa shape index (κ1) is 14.0. The molecular formula is C17H17ClN2O. The Labute approximate surface area is 128 Å². The van der Waals surface area contributed by atoms with Gasteiger partial charge >= 0.3 is 0 Å². The Bertz CT molecular complexity index is 795. The molecule has 1 heterocycles. The van der Waals surface area contributed by atoms with Crippen molar-refractivity contribution in [3.8, 4) is 5.75 Å². The van der Waals surface area contributed by atoms with E-state index in [4.69, 9.17) is 16.3 Å². The summed E-state index contributed by atoms with van der Waals surface area (Å²) >= 11 is 5.99. The van der Waals surface area contributed by atoms with Crippen LogP contribution in [-0.4, -0.2) is 9.97 Å². The number of aryl methyl sites for hydroxylation is 2. The highest BCUT2D eigenvalue weighted by atomic mass is 35.5. The van der Waals surface area contributed by atoms with Crippen LogP contribution in [0.5, 0.6) is 5.75 Å². The Morgan fingerprint density at radius 2 is 1.95 bits per heavy atom. The molecule has 21 heavy (non-hydrogen) atoms. The molecule has 108 valence electrons. The van der Waals surface area contributed by atoms with Gasteiger partial charge in [-0.05, 0) is 50.6 Å². The zero-order valence-corrected chi connectivity index (χ0v) is 13.0. The molecule has 4 heteroatoms. The lowest BCUT2D eigenvalue weighted by Gasteiger charge is -2.14. The molecule has 2 aromatic carbocycles. The number of halogens is 1. The third-order valence-electron chi connectivity index (χ3n) is 3.48. The molecule has 1 N–H and O–H groups in total. The minimum Gasteiger partial charge on any atom is -0.483 e. The molecule has 1 unspecified atom stereocenters. The van der Waals surface area contributed by atoms with E-state index in [2.05, 4.69) is 23.0 Å². The van der Waals surface area contributed by atoms with E-state index in [0.29, 0.717) is 5.02 Å². The van der Waals surface area contributed by atoms with Gasteiger partial charge in [-0.3, -0.25) is 0 Å². The van der Waals surface area contributed by atoms with Crippen LogP contribution >= 0.6 is 11.6 Å². The summed E-state index contributed by atoms with van der Waals surface area (Å²) in [5.74, 6) is 1.68. The van der Waals surface area contributed by atoms with Crippen molar-refractivity contribution in [1.29, 1.82) is 0 Å². The number of imidazole rings is 1. The molecule has 0 aliphatic heterocycles. The van der Waals surface area contributed by atoms with Crippen LogP contribution in [0.4, 0.5) is 0 Å². The van der Waals surface area contributed by atoms with Gasteiger partial charge in [-0.2, -0.15) is 0 Å². The van der Waals surface area contributed by atoms with Gasteiger partial charge in [0.1, 0.15) is 11.6 Å². The van der Waals surface area contributed by atoms with Crippen molar-refractivity contribution in [3.05, 3.63) is 58.4 Å². The zero-order valence-electron chi connectivity index (χ0n) is 12.3. The molecule has 0 spiro atoms. The Balaban J connectivity index is 1.87. The highest BCUT2D eigenvalue weighted by molar-refractivity contribution is 6.31.